The molecule has 0 saturated carbocycles. The topological polar surface area (TPSA) is 52.3 Å². The summed E-state index contributed by atoms with van der Waals surface area (Å²) in [6.07, 6.45) is -0.471. The van der Waals surface area contributed by atoms with Gasteiger partial charge in [0.15, 0.2) is 8.32 Å². The van der Waals surface area contributed by atoms with Crippen LogP contribution in [0, 0.1) is 0 Å². The van der Waals surface area contributed by atoms with Crippen LogP contribution in [-0.4, -0.2) is 20.3 Å². The molecule has 0 fully saturated rings. The molecule has 0 aromatic carbocycles. The highest BCUT2D eigenvalue weighted by molar-refractivity contribution is 6.74. The third-order valence-electron chi connectivity index (χ3n) is 2.68. The van der Waals surface area contributed by atoms with E-state index in [0.717, 1.165) is 0 Å². The maximum atomic E-state index is 10.8. The molecular formula is C9H21NO2Si. The molecule has 0 aliphatic rings. The van der Waals surface area contributed by atoms with Crippen molar-refractivity contribution in [2.75, 3.05) is 0 Å². The zero-order valence-corrected chi connectivity index (χ0v) is 10.5. The lowest BCUT2D eigenvalue weighted by Crippen LogP contribution is -2.46. The average Bonchev–Trinajstić information content (AvgIpc) is 1.83. The van der Waals surface area contributed by atoms with Gasteiger partial charge in [-0.25, -0.2) is 0 Å². The Morgan fingerprint density at radius 2 is 1.77 bits per heavy atom. The summed E-state index contributed by atoms with van der Waals surface area (Å²) in [4.78, 5) is 10.8. The van der Waals surface area contributed by atoms with E-state index in [1.165, 1.54) is 0 Å². The predicted octanol–water partition coefficient (Wildman–Crippen LogP) is 1.88. The van der Waals surface area contributed by atoms with Crippen LogP contribution in [0.3, 0.4) is 0 Å². The number of hydrogen-bond acceptors (Lipinski definition) is 2. The fourth-order valence-electron chi connectivity index (χ4n) is 0.677. The number of primary amides is 1. The molecule has 0 heterocycles. The van der Waals surface area contributed by atoms with E-state index in [1.807, 2.05) is 0 Å². The molecule has 13 heavy (non-hydrogen) atoms. The van der Waals surface area contributed by atoms with Crippen molar-refractivity contribution in [1.29, 1.82) is 0 Å². The third-order valence-corrected chi connectivity index (χ3v) is 7.23. The SMILES string of the molecule is C[C@@H](O[Si](C)(C)C(C)(C)C)C(N)=O. The van der Waals surface area contributed by atoms with Crippen LogP contribution in [-0.2, 0) is 9.22 Å². The Balaban J connectivity index is 4.43. The van der Waals surface area contributed by atoms with E-state index in [4.69, 9.17) is 10.2 Å². The van der Waals surface area contributed by atoms with Crippen molar-refractivity contribution in [3.63, 3.8) is 0 Å². The second kappa shape index (κ2) is 3.80. The van der Waals surface area contributed by atoms with Crippen LogP contribution < -0.4 is 5.73 Å². The fourth-order valence-corrected chi connectivity index (χ4v) is 2.03. The Bertz CT molecular complexity index is 196. The van der Waals surface area contributed by atoms with Crippen LogP contribution in [0.1, 0.15) is 27.7 Å². The van der Waals surface area contributed by atoms with Gasteiger partial charge < -0.3 is 10.2 Å². The fraction of sp³-hybridized carbons (Fsp3) is 0.889. The van der Waals surface area contributed by atoms with Gasteiger partial charge in [0.05, 0.1) is 0 Å². The first kappa shape index (κ1) is 12.6. The van der Waals surface area contributed by atoms with Gasteiger partial charge in [0.2, 0.25) is 5.91 Å². The Kier molecular flexibility index (Phi) is 3.69. The van der Waals surface area contributed by atoms with Gasteiger partial charge in [0.1, 0.15) is 6.10 Å². The van der Waals surface area contributed by atoms with Gasteiger partial charge in [0, 0.05) is 0 Å². The molecule has 0 bridgehead atoms. The maximum absolute atomic E-state index is 10.8. The van der Waals surface area contributed by atoms with E-state index in [-0.39, 0.29) is 10.9 Å². The molecule has 0 aliphatic heterocycles. The van der Waals surface area contributed by atoms with Gasteiger partial charge >= 0.3 is 0 Å². The summed E-state index contributed by atoms with van der Waals surface area (Å²) in [6.45, 7) is 12.3. The van der Waals surface area contributed by atoms with E-state index in [1.54, 1.807) is 6.92 Å². The number of nitrogens with two attached hydrogens (primary N) is 1. The zero-order chi connectivity index (χ0) is 10.9. The minimum atomic E-state index is -1.83. The van der Waals surface area contributed by atoms with Gasteiger partial charge in [-0.05, 0) is 25.1 Å². The van der Waals surface area contributed by atoms with E-state index in [0.29, 0.717) is 0 Å². The first-order chi connectivity index (χ1) is 5.58. The van der Waals surface area contributed by atoms with Crippen molar-refractivity contribution >= 4 is 14.2 Å². The Labute approximate surface area is 81.8 Å². The van der Waals surface area contributed by atoms with Crippen molar-refractivity contribution in [2.45, 2.75) is 51.9 Å². The molecule has 0 aromatic heterocycles. The molecule has 0 unspecified atom stereocenters. The quantitative estimate of drug-likeness (QED) is 0.712. The van der Waals surface area contributed by atoms with Gasteiger partial charge in [-0.3, -0.25) is 4.79 Å². The Morgan fingerprint density at radius 3 is 2.00 bits per heavy atom. The Hall–Kier alpha value is -0.353. The molecule has 0 aromatic rings. The minimum absolute atomic E-state index is 0.122. The van der Waals surface area contributed by atoms with E-state index < -0.39 is 14.4 Å². The van der Waals surface area contributed by atoms with Crippen LogP contribution >= 0.6 is 0 Å². The summed E-state index contributed by atoms with van der Waals surface area (Å²) in [7, 11) is -1.83. The molecule has 1 amide bonds. The minimum Gasteiger partial charge on any atom is -0.405 e. The number of rotatable bonds is 3. The molecule has 78 valence electrons. The van der Waals surface area contributed by atoms with Crippen LogP contribution in [0.4, 0.5) is 0 Å². The molecule has 0 rings (SSSR count). The maximum Gasteiger partial charge on any atom is 0.245 e. The molecule has 1 atom stereocenters. The lowest BCUT2D eigenvalue weighted by atomic mass is 10.2. The van der Waals surface area contributed by atoms with Crippen LogP contribution in [0.5, 0.6) is 0 Å². The summed E-state index contributed by atoms with van der Waals surface area (Å²) < 4.78 is 5.73. The van der Waals surface area contributed by atoms with Gasteiger partial charge in [0.25, 0.3) is 0 Å². The molecule has 0 spiro atoms. The number of carbonyl (C=O) groups is 1. The lowest BCUT2D eigenvalue weighted by molar-refractivity contribution is -0.124. The van der Waals surface area contributed by atoms with Crippen LogP contribution in [0.15, 0.2) is 0 Å². The summed E-state index contributed by atoms with van der Waals surface area (Å²) in [5.74, 6) is -0.384. The second-order valence-corrected chi connectivity index (χ2v) is 9.68. The van der Waals surface area contributed by atoms with Crippen molar-refractivity contribution in [3.05, 3.63) is 0 Å². The highest BCUT2D eigenvalue weighted by Gasteiger charge is 2.39. The number of hydrogen-bond donors (Lipinski definition) is 1. The van der Waals surface area contributed by atoms with Crippen LogP contribution in [0.25, 0.3) is 0 Å². The van der Waals surface area contributed by atoms with Crippen molar-refractivity contribution in [3.8, 4) is 0 Å². The molecule has 2 N–H and O–H groups in total. The zero-order valence-electron chi connectivity index (χ0n) is 9.47. The van der Waals surface area contributed by atoms with E-state index in [9.17, 15) is 4.79 Å². The second-order valence-electron chi connectivity index (χ2n) is 4.92. The summed E-state index contributed by atoms with van der Waals surface area (Å²) in [5, 5.41) is 0.122. The molecule has 0 aliphatic carbocycles. The van der Waals surface area contributed by atoms with E-state index >= 15 is 0 Å². The van der Waals surface area contributed by atoms with E-state index in [2.05, 4.69) is 33.9 Å². The summed E-state index contributed by atoms with van der Waals surface area (Å²) >= 11 is 0. The van der Waals surface area contributed by atoms with Gasteiger partial charge in [-0.15, -0.1) is 0 Å². The normalized spacial score (nSPS) is 15.5. The highest BCUT2D eigenvalue weighted by Crippen LogP contribution is 2.37. The van der Waals surface area contributed by atoms with Crippen molar-refractivity contribution in [2.24, 2.45) is 5.73 Å². The Morgan fingerprint density at radius 1 is 1.38 bits per heavy atom. The highest BCUT2D eigenvalue weighted by atomic mass is 28.4. The smallest absolute Gasteiger partial charge is 0.245 e. The predicted molar refractivity (Wildman–Crippen MR) is 56.9 cm³/mol. The first-order valence-corrected chi connectivity index (χ1v) is 7.46. The molecular weight excluding hydrogens is 182 g/mol. The monoisotopic (exact) mass is 203 g/mol. The number of amides is 1. The first-order valence-electron chi connectivity index (χ1n) is 4.55. The number of carbonyl (C=O) groups excluding carboxylic acids is 1. The van der Waals surface area contributed by atoms with Crippen molar-refractivity contribution < 1.29 is 9.22 Å². The third kappa shape index (κ3) is 3.48. The standard InChI is InChI=1S/C9H21NO2Si/c1-7(8(10)11)12-13(5,6)9(2,3)4/h7H,1-6H3,(H2,10,11)/t7-/m1/s1. The lowest BCUT2D eigenvalue weighted by Gasteiger charge is -2.37. The molecule has 0 radical (unpaired) electrons. The summed E-state index contributed by atoms with van der Waals surface area (Å²) in [5.41, 5.74) is 5.14. The van der Waals surface area contributed by atoms with Crippen LogP contribution in [0.2, 0.25) is 18.1 Å². The van der Waals surface area contributed by atoms with Gasteiger partial charge in [-0.2, -0.15) is 0 Å². The van der Waals surface area contributed by atoms with Gasteiger partial charge in [-0.1, -0.05) is 20.8 Å². The largest absolute Gasteiger partial charge is 0.405 e. The summed E-state index contributed by atoms with van der Waals surface area (Å²) in [6, 6.07) is 0. The average molecular weight is 203 g/mol. The molecule has 4 heteroatoms. The molecule has 0 saturated heterocycles. The molecule has 3 nitrogen and oxygen atoms in total. The van der Waals surface area contributed by atoms with Crippen molar-refractivity contribution in [1.82, 2.24) is 0 Å².